The van der Waals surface area contributed by atoms with Crippen molar-refractivity contribution in [1.29, 1.82) is 0 Å². The van der Waals surface area contributed by atoms with Crippen LogP contribution in [0.4, 0.5) is 0 Å². The summed E-state index contributed by atoms with van der Waals surface area (Å²) in [5, 5.41) is 0.765. The molecule has 1 saturated carbocycles. The van der Waals surface area contributed by atoms with E-state index in [-0.39, 0.29) is 5.60 Å². The van der Waals surface area contributed by atoms with Crippen LogP contribution in [0.5, 0.6) is 0 Å². The zero-order valence-corrected chi connectivity index (χ0v) is 12.5. The van der Waals surface area contributed by atoms with Crippen LogP contribution in [-0.4, -0.2) is 12.1 Å². The van der Waals surface area contributed by atoms with Crippen molar-refractivity contribution in [3.63, 3.8) is 0 Å². The van der Waals surface area contributed by atoms with E-state index in [4.69, 9.17) is 22.1 Å². The Labute approximate surface area is 121 Å². The predicted molar refractivity (Wildman–Crippen MR) is 80.3 cm³/mol. The van der Waals surface area contributed by atoms with E-state index in [9.17, 15) is 0 Å². The number of rotatable bonds is 5. The van der Waals surface area contributed by atoms with Gasteiger partial charge in [-0.1, -0.05) is 37.1 Å². The van der Waals surface area contributed by atoms with Gasteiger partial charge >= 0.3 is 0 Å². The van der Waals surface area contributed by atoms with Gasteiger partial charge in [0.1, 0.15) is 0 Å². The molecule has 2 nitrogen and oxygen atoms in total. The lowest BCUT2D eigenvalue weighted by atomic mass is 9.77. The van der Waals surface area contributed by atoms with Crippen molar-refractivity contribution in [3.8, 4) is 0 Å². The minimum Gasteiger partial charge on any atom is -0.369 e. The average molecular weight is 282 g/mol. The lowest BCUT2D eigenvalue weighted by molar-refractivity contribution is -0.0813. The molecule has 0 bridgehead atoms. The van der Waals surface area contributed by atoms with Crippen LogP contribution in [0.3, 0.4) is 0 Å². The third-order valence-electron chi connectivity index (χ3n) is 4.42. The highest BCUT2D eigenvalue weighted by atomic mass is 35.5. The number of benzene rings is 1. The maximum Gasteiger partial charge on any atom is 0.0808 e. The zero-order valence-electron chi connectivity index (χ0n) is 11.7. The number of hydrogen-bond donors (Lipinski definition) is 1. The van der Waals surface area contributed by atoms with Crippen molar-refractivity contribution in [3.05, 3.63) is 34.9 Å². The van der Waals surface area contributed by atoms with Gasteiger partial charge in [-0.2, -0.15) is 0 Å². The van der Waals surface area contributed by atoms with Gasteiger partial charge in [0.05, 0.1) is 12.2 Å². The van der Waals surface area contributed by atoms with Gasteiger partial charge in [0.15, 0.2) is 0 Å². The Hall–Kier alpha value is -0.570. The molecule has 2 N–H and O–H groups in total. The second-order valence-electron chi connectivity index (χ2n) is 5.65. The summed E-state index contributed by atoms with van der Waals surface area (Å²) in [6, 6.07) is 7.85. The van der Waals surface area contributed by atoms with Crippen molar-refractivity contribution >= 4 is 11.6 Å². The second kappa shape index (κ2) is 6.74. The van der Waals surface area contributed by atoms with Gasteiger partial charge in [-0.25, -0.2) is 0 Å². The minimum atomic E-state index is -0.106. The third kappa shape index (κ3) is 3.95. The molecule has 1 aromatic carbocycles. The number of hydrogen-bond acceptors (Lipinski definition) is 2. The molecule has 19 heavy (non-hydrogen) atoms. The molecule has 0 spiro atoms. The fourth-order valence-corrected chi connectivity index (χ4v) is 2.96. The van der Waals surface area contributed by atoms with E-state index in [0.717, 1.165) is 29.3 Å². The van der Waals surface area contributed by atoms with Crippen LogP contribution in [-0.2, 0) is 11.3 Å². The molecule has 0 radical (unpaired) electrons. The fraction of sp³-hybridized carbons (Fsp3) is 0.625. The van der Waals surface area contributed by atoms with Gasteiger partial charge in [0.25, 0.3) is 0 Å². The molecule has 0 aromatic heterocycles. The van der Waals surface area contributed by atoms with Gasteiger partial charge in [0, 0.05) is 11.6 Å². The SMILES string of the molecule is CCC1CCC(CN)(OCc2ccc(Cl)cc2)CC1. The van der Waals surface area contributed by atoms with Crippen molar-refractivity contribution in [2.24, 2.45) is 11.7 Å². The van der Waals surface area contributed by atoms with Crippen LogP contribution in [0.25, 0.3) is 0 Å². The molecule has 0 saturated heterocycles. The second-order valence-corrected chi connectivity index (χ2v) is 6.09. The van der Waals surface area contributed by atoms with Crippen LogP contribution >= 0.6 is 11.6 Å². The van der Waals surface area contributed by atoms with E-state index in [1.54, 1.807) is 0 Å². The highest BCUT2D eigenvalue weighted by Gasteiger charge is 2.34. The summed E-state index contributed by atoms with van der Waals surface area (Å²) in [6.07, 6.45) is 5.95. The summed E-state index contributed by atoms with van der Waals surface area (Å²) in [4.78, 5) is 0. The van der Waals surface area contributed by atoms with Crippen LogP contribution in [0.1, 0.15) is 44.6 Å². The lowest BCUT2D eigenvalue weighted by Gasteiger charge is -2.39. The molecular formula is C16H24ClNO. The summed E-state index contributed by atoms with van der Waals surface area (Å²) in [7, 11) is 0. The molecule has 1 aliphatic carbocycles. The molecule has 0 unspecified atom stereocenters. The maximum atomic E-state index is 6.17. The van der Waals surface area contributed by atoms with Crippen molar-refractivity contribution in [2.45, 2.75) is 51.2 Å². The number of ether oxygens (including phenoxy) is 1. The van der Waals surface area contributed by atoms with Crippen molar-refractivity contribution in [2.75, 3.05) is 6.54 Å². The minimum absolute atomic E-state index is 0.106. The van der Waals surface area contributed by atoms with Crippen LogP contribution in [0.2, 0.25) is 5.02 Å². The number of nitrogens with two attached hydrogens (primary N) is 1. The first-order chi connectivity index (χ1) is 9.17. The summed E-state index contributed by atoms with van der Waals surface area (Å²) in [5.41, 5.74) is 7.02. The first-order valence-electron chi connectivity index (χ1n) is 7.26. The van der Waals surface area contributed by atoms with Crippen LogP contribution in [0.15, 0.2) is 24.3 Å². The molecule has 2 rings (SSSR count). The van der Waals surface area contributed by atoms with Gasteiger partial charge in [-0.3, -0.25) is 0 Å². The van der Waals surface area contributed by atoms with E-state index in [1.807, 2.05) is 24.3 Å². The highest BCUT2D eigenvalue weighted by Crippen LogP contribution is 2.36. The molecule has 3 heteroatoms. The van der Waals surface area contributed by atoms with E-state index in [0.29, 0.717) is 13.2 Å². The monoisotopic (exact) mass is 281 g/mol. The molecular weight excluding hydrogens is 258 g/mol. The summed E-state index contributed by atoms with van der Waals surface area (Å²) in [6.45, 7) is 3.52. The summed E-state index contributed by atoms with van der Waals surface area (Å²) in [5.74, 6) is 0.860. The first kappa shape index (κ1) is 14.8. The van der Waals surface area contributed by atoms with E-state index < -0.39 is 0 Å². The van der Waals surface area contributed by atoms with Gasteiger partial charge in [-0.05, 0) is 49.3 Å². The molecule has 0 aliphatic heterocycles. The van der Waals surface area contributed by atoms with Crippen molar-refractivity contribution in [1.82, 2.24) is 0 Å². The van der Waals surface area contributed by atoms with Gasteiger partial charge in [0.2, 0.25) is 0 Å². The molecule has 106 valence electrons. The molecule has 1 fully saturated rings. The normalized spacial score (nSPS) is 27.4. The molecule has 1 aromatic rings. The summed E-state index contributed by atoms with van der Waals surface area (Å²) < 4.78 is 6.17. The van der Waals surface area contributed by atoms with Gasteiger partial charge in [-0.15, -0.1) is 0 Å². The predicted octanol–water partition coefficient (Wildman–Crippen LogP) is 4.15. The van der Waals surface area contributed by atoms with Crippen LogP contribution < -0.4 is 5.73 Å². The standard InChI is InChI=1S/C16H24ClNO/c1-2-13-7-9-16(12-18,10-8-13)19-11-14-3-5-15(17)6-4-14/h3-6,13H,2,7-12,18H2,1H3. The van der Waals surface area contributed by atoms with Crippen LogP contribution in [0, 0.1) is 5.92 Å². The summed E-state index contributed by atoms with van der Waals surface area (Å²) >= 11 is 5.89. The zero-order chi connectivity index (χ0) is 13.7. The van der Waals surface area contributed by atoms with E-state index >= 15 is 0 Å². The smallest absolute Gasteiger partial charge is 0.0808 e. The quantitative estimate of drug-likeness (QED) is 0.880. The first-order valence-corrected chi connectivity index (χ1v) is 7.64. The Morgan fingerprint density at radius 3 is 2.42 bits per heavy atom. The largest absolute Gasteiger partial charge is 0.369 e. The Kier molecular flexibility index (Phi) is 5.26. The Morgan fingerprint density at radius 1 is 1.26 bits per heavy atom. The molecule has 1 aliphatic rings. The van der Waals surface area contributed by atoms with E-state index in [2.05, 4.69) is 6.92 Å². The maximum absolute atomic E-state index is 6.17. The van der Waals surface area contributed by atoms with Crippen molar-refractivity contribution < 1.29 is 4.74 Å². The average Bonchev–Trinajstić information content (AvgIpc) is 2.47. The Morgan fingerprint density at radius 2 is 1.89 bits per heavy atom. The number of halogens is 1. The highest BCUT2D eigenvalue weighted by molar-refractivity contribution is 6.30. The molecule has 0 atom stereocenters. The Balaban J connectivity index is 1.90. The van der Waals surface area contributed by atoms with Gasteiger partial charge < -0.3 is 10.5 Å². The fourth-order valence-electron chi connectivity index (χ4n) is 2.84. The van der Waals surface area contributed by atoms with E-state index in [1.165, 1.54) is 19.3 Å². The molecule has 0 heterocycles. The Bertz CT molecular complexity index is 382. The third-order valence-corrected chi connectivity index (χ3v) is 4.68. The lowest BCUT2D eigenvalue weighted by Crippen LogP contribution is -2.43. The topological polar surface area (TPSA) is 35.2 Å². The molecule has 0 amide bonds.